The number of hydrogen-bond acceptors (Lipinski definition) is 2. The van der Waals surface area contributed by atoms with Gasteiger partial charge in [-0.15, -0.1) is 0 Å². The Bertz CT molecular complexity index is 451. The van der Waals surface area contributed by atoms with Gasteiger partial charge in [-0.25, -0.2) is 0 Å². The molecular weight excluding hydrogens is 510 g/mol. The third-order valence-corrected chi connectivity index (χ3v) is 9.79. The molecule has 0 aromatic heterocycles. The van der Waals surface area contributed by atoms with Crippen LogP contribution in [-0.2, 0) is 0 Å². The summed E-state index contributed by atoms with van der Waals surface area (Å²) in [6.45, 7) is 6.64. The zero-order chi connectivity index (χ0) is 29.9. The van der Waals surface area contributed by atoms with Gasteiger partial charge in [0.05, 0.1) is 6.10 Å². The van der Waals surface area contributed by atoms with E-state index in [2.05, 4.69) is 13.8 Å². The Morgan fingerprint density at radius 2 is 0.476 bits per heavy atom. The van der Waals surface area contributed by atoms with Crippen LogP contribution in [0.4, 0.5) is 0 Å². The van der Waals surface area contributed by atoms with Crippen molar-refractivity contribution in [2.24, 2.45) is 5.92 Å². The van der Waals surface area contributed by atoms with Crippen molar-refractivity contribution in [3.8, 4) is 0 Å². The van der Waals surface area contributed by atoms with E-state index in [1.165, 1.54) is 225 Å². The molecule has 2 atom stereocenters. The third-order valence-electron chi connectivity index (χ3n) is 9.79. The first-order chi connectivity index (χ1) is 20.2. The van der Waals surface area contributed by atoms with Crippen LogP contribution in [0.5, 0.6) is 0 Å². The van der Waals surface area contributed by atoms with Crippen molar-refractivity contribution in [2.45, 2.75) is 252 Å². The highest BCUT2D eigenvalue weighted by Crippen LogP contribution is 2.23. The molecule has 0 fully saturated rings. The molecule has 256 valence electrons. The van der Waals surface area contributed by atoms with Crippen LogP contribution in [0.25, 0.3) is 0 Å². The predicted molar refractivity (Wildman–Crippen MR) is 193 cm³/mol. The maximum atomic E-state index is 10.3. The summed E-state index contributed by atoms with van der Waals surface area (Å²) in [7, 11) is 0. The van der Waals surface area contributed by atoms with E-state index >= 15 is 0 Å². The molecule has 0 aromatic carbocycles. The van der Waals surface area contributed by atoms with Crippen molar-refractivity contribution in [3.05, 3.63) is 0 Å². The van der Waals surface area contributed by atoms with Gasteiger partial charge in [-0.05, 0) is 25.7 Å². The number of rotatable bonds is 36. The highest BCUT2D eigenvalue weighted by molar-refractivity contribution is 4.66. The van der Waals surface area contributed by atoms with Crippen molar-refractivity contribution in [1.29, 1.82) is 0 Å². The van der Waals surface area contributed by atoms with Crippen molar-refractivity contribution in [2.75, 3.05) is 0 Å². The lowest BCUT2D eigenvalue weighted by Crippen LogP contribution is -2.16. The van der Waals surface area contributed by atoms with Crippen LogP contribution in [0.15, 0.2) is 0 Å². The van der Waals surface area contributed by atoms with E-state index in [0.29, 0.717) is 5.92 Å². The molecule has 2 nitrogen and oxygen atoms in total. The molecule has 0 saturated carbocycles. The average Bonchev–Trinajstić information content (AvgIpc) is 2.97. The highest BCUT2D eigenvalue weighted by atomic mass is 16.3. The molecule has 2 heteroatoms. The number of aliphatic hydroxyl groups is 1. The molecule has 0 amide bonds. The highest BCUT2D eigenvalue weighted by Gasteiger charge is 2.14. The first-order valence-electron chi connectivity index (χ1n) is 19.9. The lowest BCUT2D eigenvalue weighted by Gasteiger charge is -2.19. The van der Waals surface area contributed by atoms with E-state index in [0.717, 1.165) is 0 Å². The van der Waals surface area contributed by atoms with Crippen LogP contribution < -0.4 is 6.15 Å². The van der Waals surface area contributed by atoms with Gasteiger partial charge in [-0.3, -0.25) is 0 Å². The van der Waals surface area contributed by atoms with Gasteiger partial charge in [0, 0.05) is 0 Å². The van der Waals surface area contributed by atoms with Crippen LogP contribution in [0.1, 0.15) is 245 Å². The Hall–Kier alpha value is -0.0800. The molecule has 0 bridgehead atoms. The largest absolute Gasteiger partial charge is 0.393 e. The van der Waals surface area contributed by atoms with Crippen LogP contribution in [0, 0.1) is 5.92 Å². The van der Waals surface area contributed by atoms with Gasteiger partial charge in [0.2, 0.25) is 0 Å². The molecule has 0 radical (unpaired) electrons. The van der Waals surface area contributed by atoms with Crippen LogP contribution in [0.2, 0.25) is 0 Å². The van der Waals surface area contributed by atoms with Crippen LogP contribution >= 0.6 is 0 Å². The molecule has 42 heavy (non-hydrogen) atoms. The number of hydrogen-bond donors (Lipinski definition) is 2. The summed E-state index contributed by atoms with van der Waals surface area (Å²) in [5.41, 5.74) is 0. The third kappa shape index (κ3) is 36.1. The van der Waals surface area contributed by atoms with Crippen molar-refractivity contribution < 1.29 is 5.11 Å². The topological polar surface area (TPSA) is 55.2 Å². The zero-order valence-corrected chi connectivity index (χ0v) is 30.1. The lowest BCUT2D eigenvalue weighted by atomic mass is 9.90. The van der Waals surface area contributed by atoms with Gasteiger partial charge in [-0.2, -0.15) is 0 Å². The van der Waals surface area contributed by atoms with Gasteiger partial charge < -0.3 is 11.3 Å². The summed E-state index contributed by atoms with van der Waals surface area (Å²) >= 11 is 0. The van der Waals surface area contributed by atoms with Crippen molar-refractivity contribution >= 4 is 0 Å². The molecule has 0 spiro atoms. The minimum Gasteiger partial charge on any atom is -0.393 e. The molecule has 0 saturated heterocycles. The summed E-state index contributed by atoms with van der Waals surface area (Å²) in [6, 6.07) is 0. The Morgan fingerprint density at radius 1 is 0.310 bits per heavy atom. The fourth-order valence-corrected chi connectivity index (χ4v) is 6.71. The zero-order valence-electron chi connectivity index (χ0n) is 30.1. The monoisotopic (exact) mass is 596 g/mol. The molecule has 2 unspecified atom stereocenters. The van der Waals surface area contributed by atoms with E-state index < -0.39 is 0 Å². The standard InChI is InChI=1S/C40H82O.H3N/c1-4-6-8-10-12-14-16-18-20-22-24-26-28-30-32-34-36-38-40(39(3)41)37-35-33-31-29-27-25-23-21-19-17-15-13-11-9-7-5-2;/h39-41H,4-38H2,1-3H3;1H3. The number of unbranched alkanes of at least 4 members (excludes halogenated alkanes) is 31. The van der Waals surface area contributed by atoms with Gasteiger partial charge >= 0.3 is 0 Å². The van der Waals surface area contributed by atoms with E-state index in [1.54, 1.807) is 0 Å². The molecule has 4 N–H and O–H groups in total. The quantitative estimate of drug-likeness (QED) is 0.0708. The van der Waals surface area contributed by atoms with E-state index in [9.17, 15) is 5.11 Å². The molecular formula is C40H85NO. The molecule has 0 heterocycles. The fourth-order valence-electron chi connectivity index (χ4n) is 6.71. The van der Waals surface area contributed by atoms with Crippen molar-refractivity contribution in [1.82, 2.24) is 6.15 Å². The van der Waals surface area contributed by atoms with Crippen LogP contribution in [-0.4, -0.2) is 11.2 Å². The summed E-state index contributed by atoms with van der Waals surface area (Å²) < 4.78 is 0. The minimum absolute atomic E-state index is 0. The fraction of sp³-hybridized carbons (Fsp3) is 1.00. The van der Waals surface area contributed by atoms with E-state index in [1.807, 2.05) is 6.92 Å². The maximum absolute atomic E-state index is 10.3. The normalized spacial score (nSPS) is 12.9. The second-order valence-electron chi connectivity index (χ2n) is 14.0. The minimum atomic E-state index is -0.118. The summed E-state index contributed by atoms with van der Waals surface area (Å²) in [5, 5.41) is 10.3. The summed E-state index contributed by atoms with van der Waals surface area (Å²) in [4.78, 5) is 0. The Labute approximate surface area is 268 Å². The van der Waals surface area contributed by atoms with Crippen molar-refractivity contribution in [3.63, 3.8) is 0 Å². The SMILES string of the molecule is CCCCCCCCCCCCCCCCCCCC(CCCCCCCCCCCCCCCCCC)C(C)O.N. The van der Waals surface area contributed by atoms with Gasteiger partial charge in [0.15, 0.2) is 0 Å². The summed E-state index contributed by atoms with van der Waals surface area (Å²) in [6.07, 6.45) is 49.7. The average molecular weight is 596 g/mol. The maximum Gasteiger partial charge on any atom is 0.0540 e. The lowest BCUT2D eigenvalue weighted by molar-refractivity contribution is 0.111. The Morgan fingerprint density at radius 3 is 0.643 bits per heavy atom. The molecule has 0 aliphatic rings. The molecule has 0 aromatic rings. The molecule has 0 aliphatic carbocycles. The Kier molecular flexibility index (Phi) is 40.8. The van der Waals surface area contributed by atoms with E-state index in [-0.39, 0.29) is 12.3 Å². The molecule has 0 aliphatic heterocycles. The smallest absolute Gasteiger partial charge is 0.0540 e. The van der Waals surface area contributed by atoms with Gasteiger partial charge in [-0.1, -0.05) is 226 Å². The second-order valence-corrected chi connectivity index (χ2v) is 14.0. The summed E-state index contributed by atoms with van der Waals surface area (Å²) in [5.74, 6) is 0.540. The predicted octanol–water partition coefficient (Wildman–Crippen LogP) is 14.8. The first kappa shape index (κ1) is 44.0. The second kappa shape index (κ2) is 38.9. The first-order valence-corrected chi connectivity index (χ1v) is 19.9. The molecule has 0 rings (SSSR count). The van der Waals surface area contributed by atoms with Crippen LogP contribution in [0.3, 0.4) is 0 Å². The van der Waals surface area contributed by atoms with Gasteiger partial charge in [0.1, 0.15) is 0 Å². The number of aliphatic hydroxyl groups excluding tert-OH is 1. The van der Waals surface area contributed by atoms with Gasteiger partial charge in [0.25, 0.3) is 0 Å². The Balaban J connectivity index is 0. The van der Waals surface area contributed by atoms with E-state index in [4.69, 9.17) is 0 Å².